The number of nitrogens with zero attached hydrogens (tertiary/aromatic N) is 3. The summed E-state index contributed by atoms with van der Waals surface area (Å²) >= 11 is 1.80. The van der Waals surface area contributed by atoms with E-state index in [0.717, 1.165) is 24.5 Å². The molecule has 2 N–H and O–H groups in total. The first-order chi connectivity index (χ1) is 9.04. The van der Waals surface area contributed by atoms with Crippen molar-refractivity contribution in [3.63, 3.8) is 0 Å². The summed E-state index contributed by atoms with van der Waals surface area (Å²) in [7, 11) is 2.10. The molecule has 0 amide bonds. The van der Waals surface area contributed by atoms with Crippen molar-refractivity contribution in [2.24, 2.45) is 0 Å². The zero-order valence-electron chi connectivity index (χ0n) is 11.6. The van der Waals surface area contributed by atoms with Gasteiger partial charge in [-0.25, -0.2) is 9.97 Å². The van der Waals surface area contributed by atoms with E-state index in [0.29, 0.717) is 11.9 Å². The number of aryl methyl sites for hydroxylation is 1. The lowest BCUT2D eigenvalue weighted by Crippen LogP contribution is -2.31. The highest BCUT2D eigenvalue weighted by Crippen LogP contribution is 2.14. The fraction of sp³-hybridized carbons (Fsp3) is 0.429. The van der Waals surface area contributed by atoms with E-state index in [1.54, 1.807) is 17.4 Å². The summed E-state index contributed by atoms with van der Waals surface area (Å²) in [4.78, 5) is 12.4. The van der Waals surface area contributed by atoms with Gasteiger partial charge in [0, 0.05) is 22.7 Å². The van der Waals surface area contributed by atoms with Gasteiger partial charge < -0.3 is 5.73 Å². The zero-order chi connectivity index (χ0) is 13.8. The van der Waals surface area contributed by atoms with E-state index < -0.39 is 0 Å². The minimum absolute atomic E-state index is 0.448. The molecule has 1 atom stereocenters. The van der Waals surface area contributed by atoms with Crippen molar-refractivity contribution in [2.75, 3.05) is 12.8 Å². The normalized spacial score (nSPS) is 12.8. The van der Waals surface area contributed by atoms with Crippen LogP contribution in [0.25, 0.3) is 0 Å². The number of hydrogen-bond donors (Lipinski definition) is 1. The Labute approximate surface area is 118 Å². The molecule has 0 fully saturated rings. The van der Waals surface area contributed by atoms with Gasteiger partial charge >= 0.3 is 0 Å². The first-order valence-corrected chi connectivity index (χ1v) is 7.25. The highest BCUT2D eigenvalue weighted by Gasteiger charge is 2.12. The van der Waals surface area contributed by atoms with Crippen LogP contribution < -0.4 is 5.73 Å². The number of likely N-dealkylation sites (N-methyl/N-ethyl adjacent to an activating group) is 1. The van der Waals surface area contributed by atoms with E-state index in [1.165, 1.54) is 4.88 Å². The van der Waals surface area contributed by atoms with Crippen LogP contribution >= 0.6 is 11.3 Å². The van der Waals surface area contributed by atoms with Crippen LogP contribution in [-0.2, 0) is 13.0 Å². The maximum absolute atomic E-state index is 5.75. The first-order valence-electron chi connectivity index (χ1n) is 6.37. The topological polar surface area (TPSA) is 55.0 Å². The average Bonchev–Trinajstić information content (AvgIpc) is 2.80. The van der Waals surface area contributed by atoms with E-state index in [-0.39, 0.29) is 0 Å². The molecular weight excluding hydrogens is 256 g/mol. The lowest BCUT2D eigenvalue weighted by Gasteiger charge is -2.23. The molecule has 102 valence electrons. The van der Waals surface area contributed by atoms with Crippen molar-refractivity contribution in [3.05, 3.63) is 40.0 Å². The third-order valence-corrected chi connectivity index (χ3v) is 4.04. The quantitative estimate of drug-likeness (QED) is 0.911. The summed E-state index contributed by atoms with van der Waals surface area (Å²) in [5.41, 5.74) is 6.67. The Balaban J connectivity index is 1.97. The Kier molecular flexibility index (Phi) is 4.50. The molecule has 0 bridgehead atoms. The van der Waals surface area contributed by atoms with Gasteiger partial charge in [-0.1, -0.05) is 6.07 Å². The molecule has 1 unspecified atom stereocenters. The number of anilines is 1. The van der Waals surface area contributed by atoms with Gasteiger partial charge in [-0.15, -0.1) is 11.3 Å². The fourth-order valence-corrected chi connectivity index (χ4v) is 2.81. The summed E-state index contributed by atoms with van der Waals surface area (Å²) in [6.07, 6.45) is 1.05. The van der Waals surface area contributed by atoms with Crippen LogP contribution in [0.2, 0.25) is 0 Å². The SMILES string of the molecule is Cc1cc(N)nc(CN(C)C(C)Cc2cccs2)n1. The highest BCUT2D eigenvalue weighted by atomic mass is 32.1. The van der Waals surface area contributed by atoms with Crippen LogP contribution in [0.3, 0.4) is 0 Å². The molecule has 0 aliphatic heterocycles. The van der Waals surface area contributed by atoms with E-state index in [2.05, 4.69) is 46.4 Å². The predicted molar refractivity (Wildman–Crippen MR) is 80.1 cm³/mol. The van der Waals surface area contributed by atoms with Gasteiger partial charge in [0.15, 0.2) is 0 Å². The minimum Gasteiger partial charge on any atom is -0.384 e. The molecule has 0 radical (unpaired) electrons. The third kappa shape index (κ3) is 4.01. The molecular formula is C14H20N4S. The summed E-state index contributed by atoms with van der Waals surface area (Å²) in [5.74, 6) is 1.33. The summed E-state index contributed by atoms with van der Waals surface area (Å²) in [5, 5.41) is 2.12. The van der Waals surface area contributed by atoms with Crippen LogP contribution in [0.15, 0.2) is 23.6 Å². The second kappa shape index (κ2) is 6.12. The fourth-order valence-electron chi connectivity index (χ4n) is 1.98. The first kappa shape index (κ1) is 14.0. The van der Waals surface area contributed by atoms with Gasteiger partial charge in [0.2, 0.25) is 0 Å². The smallest absolute Gasteiger partial charge is 0.144 e. The third-order valence-electron chi connectivity index (χ3n) is 3.14. The van der Waals surface area contributed by atoms with Crippen LogP contribution in [0.4, 0.5) is 5.82 Å². The average molecular weight is 276 g/mol. The molecule has 2 aromatic heterocycles. The van der Waals surface area contributed by atoms with Gasteiger partial charge in [-0.05, 0) is 38.8 Å². The molecule has 0 aromatic carbocycles. The molecule has 0 spiro atoms. The Morgan fingerprint density at radius 2 is 2.21 bits per heavy atom. The van der Waals surface area contributed by atoms with E-state index in [9.17, 15) is 0 Å². The standard InChI is InChI=1S/C14H20N4S/c1-10-7-13(15)17-14(16-10)9-18(3)11(2)8-12-5-4-6-19-12/h4-7,11H,8-9H2,1-3H3,(H2,15,16,17). The van der Waals surface area contributed by atoms with Crippen LogP contribution in [0.1, 0.15) is 23.3 Å². The number of nitrogen functional groups attached to an aromatic ring is 1. The van der Waals surface area contributed by atoms with Crippen molar-refractivity contribution >= 4 is 17.2 Å². The van der Waals surface area contributed by atoms with Gasteiger partial charge in [0.1, 0.15) is 11.6 Å². The molecule has 4 nitrogen and oxygen atoms in total. The molecule has 19 heavy (non-hydrogen) atoms. The van der Waals surface area contributed by atoms with Crippen molar-refractivity contribution in [1.82, 2.24) is 14.9 Å². The van der Waals surface area contributed by atoms with Crippen LogP contribution in [-0.4, -0.2) is 28.0 Å². The Hall–Kier alpha value is -1.46. The lowest BCUT2D eigenvalue weighted by atomic mass is 10.2. The molecule has 2 aromatic rings. The Morgan fingerprint density at radius 3 is 2.84 bits per heavy atom. The van der Waals surface area contributed by atoms with Gasteiger partial charge in [0.05, 0.1) is 6.54 Å². The van der Waals surface area contributed by atoms with Crippen molar-refractivity contribution in [3.8, 4) is 0 Å². The lowest BCUT2D eigenvalue weighted by molar-refractivity contribution is 0.243. The van der Waals surface area contributed by atoms with Gasteiger partial charge in [0.25, 0.3) is 0 Å². The molecule has 0 saturated heterocycles. The van der Waals surface area contributed by atoms with E-state index >= 15 is 0 Å². The number of thiophene rings is 1. The van der Waals surface area contributed by atoms with Crippen LogP contribution in [0, 0.1) is 6.92 Å². The Morgan fingerprint density at radius 1 is 1.42 bits per heavy atom. The monoisotopic (exact) mass is 276 g/mol. The Bertz CT molecular complexity index is 504. The van der Waals surface area contributed by atoms with E-state index in [4.69, 9.17) is 5.73 Å². The summed E-state index contributed by atoms with van der Waals surface area (Å²) in [6, 6.07) is 6.51. The van der Waals surface area contributed by atoms with Crippen molar-refractivity contribution in [2.45, 2.75) is 32.9 Å². The number of rotatable bonds is 5. The maximum Gasteiger partial charge on any atom is 0.144 e. The highest BCUT2D eigenvalue weighted by molar-refractivity contribution is 7.09. The van der Waals surface area contributed by atoms with Crippen molar-refractivity contribution < 1.29 is 0 Å². The summed E-state index contributed by atoms with van der Waals surface area (Å²) in [6.45, 7) is 4.88. The van der Waals surface area contributed by atoms with Gasteiger partial charge in [-0.2, -0.15) is 0 Å². The second-order valence-corrected chi connectivity index (χ2v) is 5.93. The summed E-state index contributed by atoms with van der Waals surface area (Å²) < 4.78 is 0. The molecule has 0 aliphatic carbocycles. The number of aromatic nitrogens is 2. The minimum atomic E-state index is 0.448. The van der Waals surface area contributed by atoms with Crippen molar-refractivity contribution in [1.29, 1.82) is 0 Å². The number of nitrogens with two attached hydrogens (primary N) is 1. The molecule has 2 heterocycles. The molecule has 5 heteroatoms. The molecule has 0 aliphatic rings. The number of hydrogen-bond acceptors (Lipinski definition) is 5. The zero-order valence-corrected chi connectivity index (χ0v) is 12.4. The second-order valence-electron chi connectivity index (χ2n) is 4.90. The van der Waals surface area contributed by atoms with E-state index in [1.807, 2.05) is 6.92 Å². The maximum atomic E-state index is 5.75. The molecule has 0 saturated carbocycles. The van der Waals surface area contributed by atoms with Gasteiger partial charge in [-0.3, -0.25) is 4.90 Å². The van der Waals surface area contributed by atoms with Crippen LogP contribution in [0.5, 0.6) is 0 Å². The molecule has 2 rings (SSSR count). The predicted octanol–water partition coefficient (Wildman–Crippen LogP) is 2.49. The largest absolute Gasteiger partial charge is 0.384 e.